The molecule has 0 unspecified atom stereocenters. The van der Waals surface area contributed by atoms with Crippen molar-refractivity contribution in [1.82, 2.24) is 0 Å². The van der Waals surface area contributed by atoms with Crippen LogP contribution in [-0.4, -0.2) is 20.8 Å². The molecule has 0 atom stereocenters. The summed E-state index contributed by atoms with van der Waals surface area (Å²) in [5, 5.41) is 8.69. The highest BCUT2D eigenvalue weighted by Crippen LogP contribution is 2.20. The number of nitriles is 1. The average molecular weight is 302 g/mol. The maximum absolute atomic E-state index is 12.1. The summed E-state index contributed by atoms with van der Waals surface area (Å²) in [6.45, 7) is 0.0105. The minimum absolute atomic E-state index is 0.0105. The van der Waals surface area contributed by atoms with E-state index in [1.165, 1.54) is 24.3 Å². The molecule has 5 nitrogen and oxygen atoms in total. The van der Waals surface area contributed by atoms with E-state index >= 15 is 0 Å². The van der Waals surface area contributed by atoms with Gasteiger partial charge < -0.3 is 10.5 Å². The Balaban J connectivity index is 2.01. The van der Waals surface area contributed by atoms with Gasteiger partial charge in [-0.05, 0) is 36.4 Å². The summed E-state index contributed by atoms with van der Waals surface area (Å²) < 4.78 is 29.6. The molecule has 0 amide bonds. The topological polar surface area (TPSA) is 93.2 Å². The van der Waals surface area contributed by atoms with Gasteiger partial charge in [0.2, 0.25) is 0 Å². The second kappa shape index (κ2) is 6.29. The summed E-state index contributed by atoms with van der Waals surface area (Å²) in [7, 11) is -3.44. The number of anilines is 1. The van der Waals surface area contributed by atoms with Crippen LogP contribution in [0.4, 0.5) is 5.69 Å². The van der Waals surface area contributed by atoms with Crippen LogP contribution in [0.15, 0.2) is 53.4 Å². The lowest BCUT2D eigenvalue weighted by atomic mass is 10.2. The molecule has 0 spiro atoms. The van der Waals surface area contributed by atoms with E-state index in [4.69, 9.17) is 15.7 Å². The van der Waals surface area contributed by atoms with Gasteiger partial charge >= 0.3 is 0 Å². The predicted octanol–water partition coefficient (Wildman–Crippen LogP) is 1.99. The van der Waals surface area contributed by atoms with Crippen LogP contribution in [0.2, 0.25) is 0 Å². The molecule has 0 radical (unpaired) electrons. The highest BCUT2D eigenvalue weighted by molar-refractivity contribution is 7.91. The SMILES string of the molecule is N#Cc1ccc(S(=O)(=O)CCOc2ccccc2N)cc1. The van der Waals surface area contributed by atoms with Gasteiger partial charge in [0.1, 0.15) is 12.4 Å². The second-order valence-electron chi connectivity index (χ2n) is 4.34. The summed E-state index contributed by atoms with van der Waals surface area (Å²) in [4.78, 5) is 0.172. The van der Waals surface area contributed by atoms with Gasteiger partial charge in [0.15, 0.2) is 9.84 Å². The number of sulfone groups is 1. The van der Waals surface area contributed by atoms with Gasteiger partial charge in [0, 0.05) is 0 Å². The van der Waals surface area contributed by atoms with Crippen LogP contribution >= 0.6 is 0 Å². The smallest absolute Gasteiger partial charge is 0.181 e. The molecule has 108 valence electrons. The molecule has 0 aliphatic carbocycles. The Hall–Kier alpha value is -2.52. The van der Waals surface area contributed by atoms with Crippen molar-refractivity contribution in [3.8, 4) is 11.8 Å². The van der Waals surface area contributed by atoms with Crippen molar-refractivity contribution in [2.24, 2.45) is 0 Å². The largest absolute Gasteiger partial charge is 0.490 e. The fourth-order valence-corrected chi connectivity index (χ4v) is 2.82. The Morgan fingerprint density at radius 3 is 2.38 bits per heavy atom. The molecule has 2 N–H and O–H groups in total. The van der Waals surface area contributed by atoms with Gasteiger partial charge in [-0.2, -0.15) is 5.26 Å². The molecule has 0 fully saturated rings. The maximum atomic E-state index is 12.1. The van der Waals surface area contributed by atoms with Crippen LogP contribution in [0.3, 0.4) is 0 Å². The lowest BCUT2D eigenvalue weighted by molar-refractivity contribution is 0.342. The van der Waals surface area contributed by atoms with Crippen molar-refractivity contribution < 1.29 is 13.2 Å². The van der Waals surface area contributed by atoms with Gasteiger partial charge in [-0.15, -0.1) is 0 Å². The first-order valence-electron chi connectivity index (χ1n) is 6.23. The fraction of sp³-hybridized carbons (Fsp3) is 0.133. The molecule has 0 aliphatic rings. The van der Waals surface area contributed by atoms with Crippen LogP contribution in [0.25, 0.3) is 0 Å². The van der Waals surface area contributed by atoms with E-state index in [0.29, 0.717) is 17.0 Å². The van der Waals surface area contributed by atoms with E-state index in [1.807, 2.05) is 6.07 Å². The predicted molar refractivity (Wildman–Crippen MR) is 79.6 cm³/mol. The van der Waals surface area contributed by atoms with Crippen molar-refractivity contribution >= 4 is 15.5 Å². The Morgan fingerprint density at radius 2 is 1.76 bits per heavy atom. The molecule has 6 heteroatoms. The van der Waals surface area contributed by atoms with Gasteiger partial charge in [0.25, 0.3) is 0 Å². The van der Waals surface area contributed by atoms with Crippen molar-refractivity contribution in [2.75, 3.05) is 18.1 Å². The first kappa shape index (κ1) is 14.9. The van der Waals surface area contributed by atoms with Crippen molar-refractivity contribution in [3.63, 3.8) is 0 Å². The molecule has 2 rings (SSSR count). The fourth-order valence-electron chi connectivity index (χ4n) is 1.73. The van der Waals surface area contributed by atoms with Gasteiger partial charge in [-0.25, -0.2) is 8.42 Å². The maximum Gasteiger partial charge on any atom is 0.181 e. The second-order valence-corrected chi connectivity index (χ2v) is 6.45. The third-order valence-electron chi connectivity index (χ3n) is 2.87. The van der Waals surface area contributed by atoms with E-state index in [0.717, 1.165) is 0 Å². The number of hydrogen-bond acceptors (Lipinski definition) is 5. The molecular weight excluding hydrogens is 288 g/mol. The average Bonchev–Trinajstić information content (AvgIpc) is 2.49. The number of nitrogens with zero attached hydrogens (tertiary/aromatic N) is 1. The Bertz CT molecular complexity index is 762. The standard InChI is InChI=1S/C15H14N2O3S/c16-11-12-5-7-13(8-6-12)21(18,19)10-9-20-15-4-2-1-3-14(15)17/h1-8H,9-10,17H2. The number of benzene rings is 2. The molecule has 2 aromatic rings. The summed E-state index contributed by atoms with van der Waals surface area (Å²) in [6.07, 6.45) is 0. The molecule has 2 aromatic carbocycles. The van der Waals surface area contributed by atoms with Crippen LogP contribution in [0, 0.1) is 11.3 Å². The molecule has 0 bridgehead atoms. The molecule has 0 aliphatic heterocycles. The molecule has 0 aromatic heterocycles. The van der Waals surface area contributed by atoms with Crippen molar-refractivity contribution in [3.05, 3.63) is 54.1 Å². The zero-order valence-corrected chi connectivity index (χ0v) is 12.0. The van der Waals surface area contributed by atoms with Crippen molar-refractivity contribution in [2.45, 2.75) is 4.90 Å². The van der Waals surface area contributed by atoms with E-state index < -0.39 is 9.84 Å². The Kier molecular flexibility index (Phi) is 4.45. The Labute approximate surface area is 123 Å². The summed E-state index contributed by atoms with van der Waals surface area (Å²) in [6, 6.07) is 14.6. The number of para-hydroxylation sites is 2. The van der Waals surface area contributed by atoms with Gasteiger partial charge in [-0.1, -0.05) is 12.1 Å². The molecule has 0 saturated heterocycles. The zero-order chi connectivity index (χ0) is 15.3. The van der Waals surface area contributed by atoms with Crippen LogP contribution in [0.5, 0.6) is 5.75 Å². The lowest BCUT2D eigenvalue weighted by Gasteiger charge is -2.09. The normalized spacial score (nSPS) is 10.8. The van der Waals surface area contributed by atoms with E-state index in [2.05, 4.69) is 0 Å². The third-order valence-corrected chi connectivity index (χ3v) is 4.57. The van der Waals surface area contributed by atoms with Gasteiger partial charge in [0.05, 0.1) is 28.0 Å². The highest BCUT2D eigenvalue weighted by atomic mass is 32.2. The van der Waals surface area contributed by atoms with Crippen molar-refractivity contribution in [1.29, 1.82) is 5.26 Å². The molecule has 0 heterocycles. The van der Waals surface area contributed by atoms with E-state index in [1.54, 1.807) is 24.3 Å². The summed E-state index contributed by atoms with van der Waals surface area (Å²) >= 11 is 0. The number of nitrogen functional groups attached to an aromatic ring is 1. The number of hydrogen-bond donors (Lipinski definition) is 1. The number of rotatable bonds is 5. The number of ether oxygens (including phenoxy) is 1. The zero-order valence-electron chi connectivity index (χ0n) is 11.2. The molecular formula is C15H14N2O3S. The summed E-state index contributed by atoms with van der Waals surface area (Å²) in [5.41, 5.74) is 6.59. The molecule has 0 saturated carbocycles. The van der Waals surface area contributed by atoms with Crippen LogP contribution < -0.4 is 10.5 Å². The first-order chi connectivity index (χ1) is 10.0. The number of nitrogens with two attached hydrogens (primary N) is 1. The third kappa shape index (κ3) is 3.74. The minimum atomic E-state index is -3.44. The van der Waals surface area contributed by atoms with E-state index in [-0.39, 0.29) is 17.3 Å². The molecule has 21 heavy (non-hydrogen) atoms. The minimum Gasteiger partial charge on any atom is -0.490 e. The van der Waals surface area contributed by atoms with Crippen LogP contribution in [-0.2, 0) is 9.84 Å². The van der Waals surface area contributed by atoms with E-state index in [9.17, 15) is 8.42 Å². The monoisotopic (exact) mass is 302 g/mol. The highest BCUT2D eigenvalue weighted by Gasteiger charge is 2.14. The Morgan fingerprint density at radius 1 is 1.10 bits per heavy atom. The first-order valence-corrected chi connectivity index (χ1v) is 7.88. The lowest BCUT2D eigenvalue weighted by Crippen LogP contribution is -2.14. The quantitative estimate of drug-likeness (QED) is 0.853. The van der Waals surface area contributed by atoms with Crippen LogP contribution in [0.1, 0.15) is 5.56 Å². The van der Waals surface area contributed by atoms with Gasteiger partial charge in [-0.3, -0.25) is 0 Å². The summed E-state index contributed by atoms with van der Waals surface area (Å²) in [5.74, 6) is 0.306.